The molecule has 1 aliphatic rings. The molecule has 0 bridgehead atoms. The van der Waals surface area contributed by atoms with E-state index in [-0.39, 0.29) is 28.4 Å². The van der Waals surface area contributed by atoms with Crippen LogP contribution in [-0.4, -0.2) is 59.5 Å². The molecule has 1 unspecified atom stereocenters. The zero-order chi connectivity index (χ0) is 31.5. The lowest BCUT2D eigenvalue weighted by Gasteiger charge is -2.36. The van der Waals surface area contributed by atoms with Crippen LogP contribution in [-0.2, 0) is 16.0 Å². The van der Waals surface area contributed by atoms with Gasteiger partial charge in [0.15, 0.2) is 5.82 Å². The molecule has 0 saturated heterocycles. The Hall–Kier alpha value is -5.75. The molecule has 0 fully saturated rings. The Morgan fingerprint density at radius 3 is 2.51 bits per heavy atom. The van der Waals surface area contributed by atoms with Gasteiger partial charge in [0.2, 0.25) is 5.91 Å². The monoisotopic (exact) mass is 623 g/mol. The lowest BCUT2D eigenvalue weighted by molar-refractivity contribution is -0.135. The summed E-state index contributed by atoms with van der Waals surface area (Å²) < 4.78 is 16.4. The van der Waals surface area contributed by atoms with Crippen LogP contribution in [0.25, 0.3) is 22.9 Å². The first-order valence-electron chi connectivity index (χ1n) is 13.7. The van der Waals surface area contributed by atoms with Crippen LogP contribution in [0.4, 0.5) is 10.1 Å². The minimum atomic E-state index is -1.10. The summed E-state index contributed by atoms with van der Waals surface area (Å²) in [5, 5.41) is 22.9. The number of amides is 2. The molecular formula is C32H23ClFN7O4. The van der Waals surface area contributed by atoms with Crippen molar-refractivity contribution in [3.05, 3.63) is 125 Å². The summed E-state index contributed by atoms with van der Waals surface area (Å²) in [4.78, 5) is 44.5. The first-order chi connectivity index (χ1) is 21.8. The number of hydrogen-bond acceptors (Lipinski definition) is 7. The molecule has 11 nitrogen and oxygen atoms in total. The number of carbonyl (C=O) groups is 3. The van der Waals surface area contributed by atoms with E-state index in [9.17, 15) is 19.5 Å². The molecule has 1 aliphatic heterocycles. The van der Waals surface area contributed by atoms with Gasteiger partial charge in [-0.25, -0.2) is 9.18 Å². The number of rotatable bonds is 7. The highest BCUT2D eigenvalue weighted by Gasteiger charge is 2.36. The molecule has 0 saturated carbocycles. The second-order valence-electron chi connectivity index (χ2n) is 10.0. The summed E-state index contributed by atoms with van der Waals surface area (Å²) in [5.74, 6) is -2.91. The van der Waals surface area contributed by atoms with E-state index in [4.69, 9.17) is 11.6 Å². The average Bonchev–Trinajstić information content (AvgIpc) is 3.60. The molecular weight excluding hydrogens is 601 g/mol. The van der Waals surface area contributed by atoms with Gasteiger partial charge in [-0.05, 0) is 93.7 Å². The van der Waals surface area contributed by atoms with Gasteiger partial charge in [-0.1, -0.05) is 29.8 Å². The minimum Gasteiger partial charge on any atom is -0.478 e. The molecule has 13 heteroatoms. The Labute approximate surface area is 260 Å². The largest absolute Gasteiger partial charge is 0.478 e. The predicted octanol–water partition coefficient (Wildman–Crippen LogP) is 4.99. The first kappa shape index (κ1) is 29.3. The topological polar surface area (TPSA) is 143 Å². The van der Waals surface area contributed by atoms with Crippen LogP contribution in [0.3, 0.4) is 0 Å². The van der Waals surface area contributed by atoms with Crippen molar-refractivity contribution in [2.75, 3.05) is 11.9 Å². The van der Waals surface area contributed by atoms with Crippen molar-refractivity contribution in [1.82, 2.24) is 30.1 Å². The number of carboxylic acid groups (broad SMARTS) is 1. The fraction of sp³-hybridized carbons (Fsp3) is 0.0938. The molecule has 224 valence electrons. The number of aromatic carboxylic acids is 1. The first-order valence-corrected chi connectivity index (χ1v) is 14.1. The second kappa shape index (κ2) is 12.5. The van der Waals surface area contributed by atoms with E-state index < -0.39 is 29.6 Å². The predicted molar refractivity (Wildman–Crippen MR) is 163 cm³/mol. The number of fused-ring (bicyclic) bond motifs is 1. The van der Waals surface area contributed by atoms with E-state index in [0.717, 1.165) is 16.7 Å². The number of benzene rings is 3. The standard InChI is InChI=1S/C32H23ClFN7O4/c33-26-9-10-27(41-18-36-38-39-41)25(29(26)34)8-11-28(42)40-17-14-23-22(19-12-15-35-16-13-19)2-1-3-24(23)30(40)31(43)37-21-6-4-20(5-7-21)32(44)45/h1-13,15-16,18,30H,14,17H2,(H,37,43)(H,44,45)/b11-8+. The van der Waals surface area contributed by atoms with Gasteiger partial charge >= 0.3 is 5.97 Å². The molecule has 0 radical (unpaired) electrons. The normalized spacial score (nSPS) is 14.3. The molecule has 1 atom stereocenters. The van der Waals surface area contributed by atoms with Gasteiger partial charge in [0.25, 0.3) is 5.91 Å². The molecule has 3 aromatic carbocycles. The van der Waals surface area contributed by atoms with E-state index in [2.05, 4.69) is 25.8 Å². The van der Waals surface area contributed by atoms with Gasteiger partial charge in [-0.15, -0.1) is 5.10 Å². The maximum Gasteiger partial charge on any atom is 0.335 e. The maximum atomic E-state index is 15.2. The minimum absolute atomic E-state index is 0.0138. The van der Waals surface area contributed by atoms with Crippen LogP contribution < -0.4 is 5.32 Å². The Morgan fingerprint density at radius 1 is 1.02 bits per heavy atom. The molecule has 6 rings (SSSR count). The Bertz CT molecular complexity index is 1930. The lowest BCUT2D eigenvalue weighted by Crippen LogP contribution is -2.45. The highest BCUT2D eigenvalue weighted by Crippen LogP contribution is 2.37. The molecule has 0 spiro atoms. The van der Waals surface area contributed by atoms with E-state index in [0.29, 0.717) is 17.7 Å². The van der Waals surface area contributed by atoms with Crippen LogP contribution in [0.15, 0.2) is 91.5 Å². The number of nitrogens with zero attached hydrogens (tertiary/aromatic N) is 6. The third-order valence-electron chi connectivity index (χ3n) is 7.44. The van der Waals surface area contributed by atoms with Crippen molar-refractivity contribution in [3.8, 4) is 16.8 Å². The van der Waals surface area contributed by atoms with Gasteiger partial charge in [-0.3, -0.25) is 14.6 Å². The van der Waals surface area contributed by atoms with Crippen molar-refractivity contribution in [2.45, 2.75) is 12.5 Å². The Balaban J connectivity index is 1.38. The van der Waals surface area contributed by atoms with Crippen molar-refractivity contribution in [2.24, 2.45) is 0 Å². The highest BCUT2D eigenvalue weighted by atomic mass is 35.5. The number of nitrogens with one attached hydrogen (secondary N) is 1. The van der Waals surface area contributed by atoms with Crippen molar-refractivity contribution in [1.29, 1.82) is 0 Å². The maximum absolute atomic E-state index is 15.2. The number of carboxylic acids is 1. The highest BCUT2D eigenvalue weighted by molar-refractivity contribution is 6.31. The average molecular weight is 624 g/mol. The van der Waals surface area contributed by atoms with Crippen molar-refractivity contribution >= 4 is 41.1 Å². The zero-order valence-electron chi connectivity index (χ0n) is 23.3. The van der Waals surface area contributed by atoms with Crippen molar-refractivity contribution in [3.63, 3.8) is 0 Å². The summed E-state index contributed by atoms with van der Waals surface area (Å²) in [6.07, 6.45) is 7.56. The van der Waals surface area contributed by atoms with Crippen LogP contribution in [0.1, 0.15) is 33.1 Å². The Morgan fingerprint density at radius 2 is 1.80 bits per heavy atom. The van der Waals surface area contributed by atoms with Crippen LogP contribution in [0, 0.1) is 5.82 Å². The van der Waals surface area contributed by atoms with Gasteiger partial charge in [0.05, 0.1) is 16.3 Å². The quantitative estimate of drug-likeness (QED) is 0.241. The van der Waals surface area contributed by atoms with Gasteiger partial charge in [0, 0.05) is 36.3 Å². The summed E-state index contributed by atoms with van der Waals surface area (Å²) in [7, 11) is 0. The number of tetrazole rings is 1. The van der Waals surface area contributed by atoms with E-state index in [1.807, 2.05) is 24.3 Å². The fourth-order valence-electron chi connectivity index (χ4n) is 5.33. The smallest absolute Gasteiger partial charge is 0.335 e. The third-order valence-corrected chi connectivity index (χ3v) is 7.73. The number of halogens is 2. The number of hydrogen-bond donors (Lipinski definition) is 2. The van der Waals surface area contributed by atoms with Crippen molar-refractivity contribution < 1.29 is 23.9 Å². The van der Waals surface area contributed by atoms with Crippen LogP contribution in [0.5, 0.6) is 0 Å². The zero-order valence-corrected chi connectivity index (χ0v) is 24.1. The van der Waals surface area contributed by atoms with Crippen LogP contribution in [0.2, 0.25) is 5.02 Å². The number of anilines is 1. The van der Waals surface area contributed by atoms with E-state index in [1.165, 1.54) is 64.5 Å². The van der Waals surface area contributed by atoms with Gasteiger partial charge in [0.1, 0.15) is 12.4 Å². The molecule has 5 aromatic rings. The lowest BCUT2D eigenvalue weighted by atomic mass is 9.86. The molecule has 2 N–H and O–H groups in total. The molecule has 2 amide bonds. The SMILES string of the molecule is O=C(O)c1ccc(NC(=O)C2c3cccc(-c4ccncc4)c3CCN2C(=O)/C=C/c2c(-n3cnnn3)ccc(Cl)c2F)cc1. The van der Waals surface area contributed by atoms with E-state index >= 15 is 4.39 Å². The summed E-state index contributed by atoms with van der Waals surface area (Å²) in [6.45, 7) is 0.187. The number of pyridine rings is 1. The molecule has 3 heterocycles. The van der Waals surface area contributed by atoms with E-state index in [1.54, 1.807) is 18.5 Å². The summed E-state index contributed by atoms with van der Waals surface area (Å²) >= 11 is 6.05. The fourth-order valence-corrected chi connectivity index (χ4v) is 5.50. The van der Waals surface area contributed by atoms with Crippen LogP contribution >= 0.6 is 11.6 Å². The van der Waals surface area contributed by atoms with Gasteiger partial charge in [-0.2, -0.15) is 4.68 Å². The molecule has 2 aromatic heterocycles. The van der Waals surface area contributed by atoms with Gasteiger partial charge < -0.3 is 15.3 Å². The second-order valence-corrected chi connectivity index (χ2v) is 10.5. The third kappa shape index (κ3) is 5.91. The number of carbonyl (C=O) groups excluding carboxylic acids is 2. The Kier molecular flexibility index (Phi) is 8.12. The molecule has 45 heavy (non-hydrogen) atoms. The number of aromatic nitrogens is 5. The molecule has 0 aliphatic carbocycles. The summed E-state index contributed by atoms with van der Waals surface area (Å²) in [6, 6.07) is 16.8. The summed E-state index contributed by atoms with van der Waals surface area (Å²) in [5.41, 5.74) is 4.02.